The first-order chi connectivity index (χ1) is 14.8. The molecule has 30 heavy (non-hydrogen) atoms. The van der Waals surface area contributed by atoms with Gasteiger partial charge in [0.25, 0.3) is 0 Å². The van der Waals surface area contributed by atoms with Crippen molar-refractivity contribution >= 4 is 50.2 Å². The molecule has 0 spiro atoms. The van der Waals surface area contributed by atoms with Crippen molar-refractivity contribution in [3.05, 3.63) is 82.8 Å². The fourth-order valence-corrected chi connectivity index (χ4v) is 4.94. The molecule has 0 amide bonds. The molecule has 0 saturated carbocycles. The van der Waals surface area contributed by atoms with Gasteiger partial charge in [0.2, 0.25) is 0 Å². The van der Waals surface area contributed by atoms with E-state index in [0.717, 1.165) is 59.9 Å². The third kappa shape index (κ3) is 4.15. The van der Waals surface area contributed by atoms with Crippen molar-refractivity contribution in [2.45, 2.75) is 6.54 Å². The van der Waals surface area contributed by atoms with Crippen LogP contribution in [-0.2, 0) is 6.54 Å². The van der Waals surface area contributed by atoms with Crippen LogP contribution in [0.1, 0.15) is 5.69 Å². The van der Waals surface area contributed by atoms with Crippen LogP contribution in [0.3, 0.4) is 0 Å². The zero-order valence-electron chi connectivity index (χ0n) is 16.6. The molecule has 5 rings (SSSR count). The molecule has 1 N–H and O–H groups in total. The molecule has 152 valence electrons. The Labute approximate surface area is 185 Å². The third-order valence-corrected chi connectivity index (χ3v) is 6.66. The lowest BCUT2D eigenvalue weighted by Crippen LogP contribution is -2.46. The van der Waals surface area contributed by atoms with Crippen molar-refractivity contribution in [1.82, 2.24) is 9.88 Å². The first-order valence-electron chi connectivity index (χ1n) is 10.2. The maximum Gasteiger partial charge on any atom is 0.187 e. The summed E-state index contributed by atoms with van der Waals surface area (Å²) in [6.45, 7) is 4.86. The summed E-state index contributed by atoms with van der Waals surface area (Å²) in [6.07, 6.45) is 0. The number of hydrogen-bond acceptors (Lipinski definition) is 5. The monoisotopic (exact) mass is 434 g/mol. The smallest absolute Gasteiger partial charge is 0.187 e. The van der Waals surface area contributed by atoms with E-state index >= 15 is 0 Å². The number of hydrogen-bond donors (Lipinski definition) is 1. The summed E-state index contributed by atoms with van der Waals surface area (Å²) in [4.78, 5) is 9.66. The third-order valence-electron chi connectivity index (χ3n) is 5.53. The van der Waals surface area contributed by atoms with E-state index in [9.17, 15) is 0 Å². The maximum atomic E-state index is 6.36. The number of rotatable bonds is 5. The highest BCUT2D eigenvalue weighted by molar-refractivity contribution is 7.13. The van der Waals surface area contributed by atoms with E-state index in [4.69, 9.17) is 16.6 Å². The molecule has 1 aliphatic heterocycles. The van der Waals surface area contributed by atoms with Crippen LogP contribution in [0, 0.1) is 0 Å². The van der Waals surface area contributed by atoms with E-state index in [1.165, 1.54) is 10.8 Å². The lowest BCUT2D eigenvalue weighted by molar-refractivity contribution is 0.247. The molecule has 4 nitrogen and oxygen atoms in total. The van der Waals surface area contributed by atoms with Gasteiger partial charge in [0.1, 0.15) is 0 Å². The summed E-state index contributed by atoms with van der Waals surface area (Å²) < 4.78 is 0. The Bertz CT molecular complexity index is 1150. The molecule has 1 aliphatic rings. The van der Waals surface area contributed by atoms with Gasteiger partial charge in [0.15, 0.2) is 5.13 Å². The molecule has 0 aliphatic carbocycles. The van der Waals surface area contributed by atoms with Crippen LogP contribution in [0.4, 0.5) is 16.5 Å². The molecule has 4 aromatic rings. The Balaban J connectivity index is 1.21. The number of benzene rings is 3. The van der Waals surface area contributed by atoms with E-state index in [1.54, 1.807) is 11.3 Å². The van der Waals surface area contributed by atoms with Gasteiger partial charge in [-0.3, -0.25) is 4.90 Å². The molecule has 2 heterocycles. The van der Waals surface area contributed by atoms with Gasteiger partial charge >= 0.3 is 0 Å². The fourth-order valence-electron chi connectivity index (χ4n) is 3.97. The first-order valence-corrected chi connectivity index (χ1v) is 11.4. The topological polar surface area (TPSA) is 31.4 Å². The SMILES string of the molecule is Clc1ccccc1N1CCN(Cc2csc(Nc3cccc4ccccc34)n2)CC1. The highest BCUT2D eigenvalue weighted by Gasteiger charge is 2.19. The molecule has 1 saturated heterocycles. The Morgan fingerprint density at radius 3 is 2.53 bits per heavy atom. The molecule has 0 radical (unpaired) electrons. The Morgan fingerprint density at radius 1 is 0.900 bits per heavy atom. The van der Waals surface area contributed by atoms with E-state index in [2.05, 4.69) is 69.0 Å². The Hall–Kier alpha value is -2.60. The summed E-state index contributed by atoms with van der Waals surface area (Å²) in [7, 11) is 0. The van der Waals surface area contributed by atoms with Crippen LogP contribution < -0.4 is 10.2 Å². The second-order valence-corrected chi connectivity index (χ2v) is 8.78. The van der Waals surface area contributed by atoms with Crippen molar-refractivity contribution in [2.75, 3.05) is 36.4 Å². The number of anilines is 3. The standard InChI is InChI=1S/C24H23ClN4S/c25-21-9-3-4-11-23(21)29-14-12-28(13-15-29)16-19-17-30-24(26-19)27-22-10-5-7-18-6-1-2-8-20(18)22/h1-11,17H,12-16H2,(H,26,27). The molecule has 0 atom stereocenters. The van der Waals surface area contributed by atoms with E-state index in [1.807, 2.05) is 18.2 Å². The Kier molecular flexibility index (Phi) is 5.58. The predicted molar refractivity (Wildman–Crippen MR) is 128 cm³/mol. The van der Waals surface area contributed by atoms with E-state index in [-0.39, 0.29) is 0 Å². The first kappa shape index (κ1) is 19.4. The quantitative estimate of drug-likeness (QED) is 0.416. The predicted octanol–water partition coefficient (Wildman–Crippen LogP) is 6.02. The van der Waals surface area contributed by atoms with Crippen LogP contribution in [0.15, 0.2) is 72.1 Å². The van der Waals surface area contributed by atoms with Crippen molar-refractivity contribution in [3.8, 4) is 0 Å². The van der Waals surface area contributed by atoms with Crippen molar-refractivity contribution < 1.29 is 0 Å². The van der Waals surface area contributed by atoms with Crippen LogP contribution >= 0.6 is 22.9 Å². The molecule has 0 unspecified atom stereocenters. The van der Waals surface area contributed by atoms with Gasteiger partial charge in [-0.05, 0) is 23.6 Å². The van der Waals surface area contributed by atoms with Crippen molar-refractivity contribution in [2.24, 2.45) is 0 Å². The summed E-state index contributed by atoms with van der Waals surface area (Å²) >= 11 is 8.02. The number of nitrogens with zero attached hydrogens (tertiary/aromatic N) is 3. The molecule has 0 bridgehead atoms. The number of fused-ring (bicyclic) bond motifs is 1. The highest BCUT2D eigenvalue weighted by Crippen LogP contribution is 2.29. The van der Waals surface area contributed by atoms with Gasteiger partial charge in [0.05, 0.1) is 16.4 Å². The molecule has 1 aromatic heterocycles. The maximum absolute atomic E-state index is 6.36. The van der Waals surface area contributed by atoms with Gasteiger partial charge in [-0.25, -0.2) is 4.98 Å². The van der Waals surface area contributed by atoms with Gasteiger partial charge in [-0.1, -0.05) is 60.1 Å². The Morgan fingerprint density at radius 2 is 1.67 bits per heavy atom. The summed E-state index contributed by atoms with van der Waals surface area (Å²) in [6, 6.07) is 22.8. The number of nitrogens with one attached hydrogen (secondary N) is 1. The van der Waals surface area contributed by atoms with Gasteiger partial charge in [-0.2, -0.15) is 0 Å². The number of halogens is 1. The van der Waals surface area contributed by atoms with Crippen molar-refractivity contribution in [1.29, 1.82) is 0 Å². The lowest BCUT2D eigenvalue weighted by Gasteiger charge is -2.36. The molecule has 1 fully saturated rings. The largest absolute Gasteiger partial charge is 0.368 e. The zero-order chi connectivity index (χ0) is 20.3. The van der Waals surface area contributed by atoms with Crippen LogP contribution in [-0.4, -0.2) is 36.1 Å². The minimum absolute atomic E-state index is 0.828. The van der Waals surface area contributed by atoms with E-state index in [0.29, 0.717) is 0 Å². The van der Waals surface area contributed by atoms with Gasteiger partial charge in [-0.15, -0.1) is 11.3 Å². The average Bonchev–Trinajstić information content (AvgIpc) is 3.22. The minimum Gasteiger partial charge on any atom is -0.368 e. The lowest BCUT2D eigenvalue weighted by atomic mass is 10.1. The normalized spacial score (nSPS) is 14.9. The molecular weight excluding hydrogens is 412 g/mol. The summed E-state index contributed by atoms with van der Waals surface area (Å²) in [5.74, 6) is 0. The van der Waals surface area contributed by atoms with Gasteiger partial charge < -0.3 is 10.2 Å². The number of piperazine rings is 1. The summed E-state index contributed by atoms with van der Waals surface area (Å²) in [5, 5.41) is 9.88. The molecule has 6 heteroatoms. The van der Waals surface area contributed by atoms with Gasteiger partial charge in [0, 0.05) is 49.2 Å². The minimum atomic E-state index is 0.828. The van der Waals surface area contributed by atoms with Crippen LogP contribution in [0.25, 0.3) is 10.8 Å². The second-order valence-electron chi connectivity index (χ2n) is 7.51. The number of thiazole rings is 1. The number of aromatic nitrogens is 1. The second kappa shape index (κ2) is 8.64. The summed E-state index contributed by atoms with van der Waals surface area (Å²) in [5.41, 5.74) is 3.35. The van der Waals surface area contributed by atoms with Crippen LogP contribution in [0.5, 0.6) is 0 Å². The van der Waals surface area contributed by atoms with Crippen LogP contribution in [0.2, 0.25) is 5.02 Å². The van der Waals surface area contributed by atoms with E-state index < -0.39 is 0 Å². The zero-order valence-corrected chi connectivity index (χ0v) is 18.2. The fraction of sp³-hybridized carbons (Fsp3) is 0.208. The number of para-hydroxylation sites is 1. The average molecular weight is 435 g/mol. The highest BCUT2D eigenvalue weighted by atomic mass is 35.5. The van der Waals surface area contributed by atoms with Crippen molar-refractivity contribution in [3.63, 3.8) is 0 Å². The molecular formula is C24H23ClN4S. The molecule has 3 aromatic carbocycles.